The number of aryl methyl sites for hydroxylation is 1. The number of rotatable bonds is 2. The summed E-state index contributed by atoms with van der Waals surface area (Å²) < 4.78 is 0. The minimum absolute atomic E-state index is 0.136. The summed E-state index contributed by atoms with van der Waals surface area (Å²) in [4.78, 5) is 12.8. The van der Waals surface area contributed by atoms with Crippen molar-refractivity contribution in [1.29, 1.82) is 0 Å². The Morgan fingerprint density at radius 1 is 1.56 bits per heavy atom. The molecular weight excluding hydrogens is 220 g/mol. The van der Waals surface area contributed by atoms with Crippen molar-refractivity contribution in [2.24, 2.45) is 5.73 Å². The third-order valence-corrected chi connectivity index (χ3v) is 4.02. The van der Waals surface area contributed by atoms with Crippen LogP contribution < -0.4 is 11.1 Å². The van der Waals surface area contributed by atoms with Crippen molar-refractivity contribution in [3.8, 4) is 0 Å². The average molecular weight is 236 g/mol. The van der Waals surface area contributed by atoms with Crippen LogP contribution in [-0.4, -0.2) is 18.7 Å². The highest BCUT2D eigenvalue weighted by molar-refractivity contribution is 7.99. The predicted octanol–water partition coefficient (Wildman–Crippen LogP) is 1.47. The largest absolute Gasteiger partial charge is 0.358 e. The van der Waals surface area contributed by atoms with Gasteiger partial charge in [0.05, 0.1) is 0 Å². The van der Waals surface area contributed by atoms with Crippen LogP contribution in [0.3, 0.4) is 0 Å². The lowest BCUT2D eigenvalue weighted by Crippen LogP contribution is -2.31. The lowest BCUT2D eigenvalue weighted by atomic mass is 10.0. The second kappa shape index (κ2) is 4.89. The molecule has 4 heteroatoms. The predicted molar refractivity (Wildman–Crippen MR) is 66.5 cm³/mol. The van der Waals surface area contributed by atoms with E-state index in [0.717, 1.165) is 12.0 Å². The van der Waals surface area contributed by atoms with Gasteiger partial charge in [0, 0.05) is 11.9 Å². The van der Waals surface area contributed by atoms with E-state index >= 15 is 0 Å². The monoisotopic (exact) mass is 236 g/mol. The van der Waals surface area contributed by atoms with E-state index in [1.807, 2.05) is 17.8 Å². The van der Waals surface area contributed by atoms with Gasteiger partial charge in [-0.3, -0.25) is 4.79 Å². The molecule has 0 fully saturated rings. The van der Waals surface area contributed by atoms with Crippen molar-refractivity contribution < 1.29 is 4.79 Å². The summed E-state index contributed by atoms with van der Waals surface area (Å²) in [7, 11) is 1.61. The van der Waals surface area contributed by atoms with Gasteiger partial charge in [0.2, 0.25) is 5.91 Å². The standard InChI is InChI=1S/C12H16N2OS/c1-14-12(15)11(13)9-4-5-10-8(7-9)3-2-6-16-10/h4-5,7,11H,2-3,6,13H2,1H3,(H,14,15). The zero-order valence-electron chi connectivity index (χ0n) is 9.32. The highest BCUT2D eigenvalue weighted by Gasteiger charge is 2.17. The molecule has 1 heterocycles. The van der Waals surface area contributed by atoms with E-state index in [9.17, 15) is 4.79 Å². The number of carbonyl (C=O) groups is 1. The van der Waals surface area contributed by atoms with Crippen LogP contribution in [0.25, 0.3) is 0 Å². The Bertz CT molecular complexity index is 406. The van der Waals surface area contributed by atoms with Crippen LogP contribution in [0.15, 0.2) is 23.1 Å². The van der Waals surface area contributed by atoms with Gasteiger partial charge in [-0.15, -0.1) is 11.8 Å². The first-order chi connectivity index (χ1) is 7.72. The fraction of sp³-hybridized carbons (Fsp3) is 0.417. The maximum atomic E-state index is 11.4. The molecule has 1 aromatic rings. The summed E-state index contributed by atoms with van der Waals surface area (Å²) in [6.45, 7) is 0. The van der Waals surface area contributed by atoms with Gasteiger partial charge in [0.15, 0.2) is 0 Å². The number of carbonyl (C=O) groups excluding carboxylic acids is 1. The number of fused-ring (bicyclic) bond motifs is 1. The summed E-state index contributed by atoms with van der Waals surface area (Å²) in [6, 6.07) is 5.55. The second-order valence-corrected chi connectivity index (χ2v) is 5.05. The van der Waals surface area contributed by atoms with Crippen molar-refractivity contribution in [2.45, 2.75) is 23.8 Å². The number of hydrogen-bond donors (Lipinski definition) is 2. The van der Waals surface area contributed by atoms with Crippen LogP contribution in [0.5, 0.6) is 0 Å². The first kappa shape index (κ1) is 11.5. The molecule has 3 N–H and O–H groups in total. The zero-order valence-corrected chi connectivity index (χ0v) is 10.1. The minimum atomic E-state index is -0.553. The van der Waals surface area contributed by atoms with E-state index in [4.69, 9.17) is 5.73 Å². The quantitative estimate of drug-likeness (QED) is 0.817. The molecule has 1 aromatic carbocycles. The van der Waals surface area contributed by atoms with Gasteiger partial charge in [-0.1, -0.05) is 12.1 Å². The molecule has 1 atom stereocenters. The van der Waals surface area contributed by atoms with Crippen molar-refractivity contribution in [2.75, 3.05) is 12.8 Å². The Morgan fingerprint density at radius 2 is 2.38 bits per heavy atom. The van der Waals surface area contributed by atoms with Gasteiger partial charge >= 0.3 is 0 Å². The Hall–Kier alpha value is -1.00. The van der Waals surface area contributed by atoms with E-state index in [1.54, 1.807) is 7.05 Å². The molecule has 0 spiro atoms. The smallest absolute Gasteiger partial charge is 0.241 e. The summed E-state index contributed by atoms with van der Waals surface area (Å²) in [5, 5.41) is 2.57. The fourth-order valence-corrected chi connectivity index (χ4v) is 2.90. The molecule has 1 aliphatic rings. The maximum Gasteiger partial charge on any atom is 0.241 e. The summed E-state index contributed by atoms with van der Waals surface area (Å²) in [5.74, 6) is 1.05. The molecule has 0 saturated carbocycles. The van der Waals surface area contributed by atoms with Crippen LogP contribution in [0.4, 0.5) is 0 Å². The SMILES string of the molecule is CNC(=O)C(N)c1ccc2c(c1)CCCS2. The third-order valence-electron chi connectivity index (χ3n) is 2.82. The number of likely N-dealkylation sites (N-methyl/N-ethyl adjacent to an activating group) is 1. The fourth-order valence-electron chi connectivity index (χ4n) is 1.88. The zero-order chi connectivity index (χ0) is 11.5. The van der Waals surface area contributed by atoms with Crippen molar-refractivity contribution in [3.63, 3.8) is 0 Å². The minimum Gasteiger partial charge on any atom is -0.358 e. The topological polar surface area (TPSA) is 55.1 Å². The summed E-state index contributed by atoms with van der Waals surface area (Å²) in [6.07, 6.45) is 2.30. The number of thioether (sulfide) groups is 1. The molecular formula is C12H16N2OS. The molecule has 0 bridgehead atoms. The lowest BCUT2D eigenvalue weighted by Gasteiger charge is -2.18. The third kappa shape index (κ3) is 2.23. The molecule has 0 saturated heterocycles. The Kier molecular flexibility index (Phi) is 3.51. The summed E-state index contributed by atoms with van der Waals surface area (Å²) >= 11 is 1.88. The first-order valence-corrected chi connectivity index (χ1v) is 6.43. The van der Waals surface area contributed by atoms with Crippen LogP contribution in [0, 0.1) is 0 Å². The van der Waals surface area contributed by atoms with E-state index in [-0.39, 0.29) is 5.91 Å². The van der Waals surface area contributed by atoms with Crippen LogP contribution >= 0.6 is 11.8 Å². The van der Waals surface area contributed by atoms with Crippen LogP contribution in [-0.2, 0) is 11.2 Å². The van der Waals surface area contributed by atoms with E-state index in [0.29, 0.717) is 0 Å². The van der Waals surface area contributed by atoms with Gasteiger partial charge in [0.1, 0.15) is 6.04 Å². The normalized spacial score (nSPS) is 16.4. The van der Waals surface area contributed by atoms with Gasteiger partial charge in [0.25, 0.3) is 0 Å². The molecule has 2 rings (SSSR count). The number of nitrogens with two attached hydrogens (primary N) is 1. The molecule has 1 unspecified atom stereocenters. The highest BCUT2D eigenvalue weighted by Crippen LogP contribution is 2.31. The maximum absolute atomic E-state index is 11.4. The van der Waals surface area contributed by atoms with E-state index < -0.39 is 6.04 Å². The Balaban J connectivity index is 2.26. The number of nitrogens with one attached hydrogen (secondary N) is 1. The molecule has 3 nitrogen and oxygen atoms in total. The first-order valence-electron chi connectivity index (χ1n) is 5.45. The number of hydrogen-bond acceptors (Lipinski definition) is 3. The van der Waals surface area contributed by atoms with Crippen LogP contribution in [0.1, 0.15) is 23.6 Å². The molecule has 16 heavy (non-hydrogen) atoms. The van der Waals surface area contributed by atoms with E-state index in [2.05, 4.69) is 17.4 Å². The van der Waals surface area contributed by atoms with Gasteiger partial charge in [-0.05, 0) is 35.8 Å². The second-order valence-electron chi connectivity index (χ2n) is 3.91. The average Bonchev–Trinajstić information content (AvgIpc) is 2.36. The van der Waals surface area contributed by atoms with Gasteiger partial charge in [-0.25, -0.2) is 0 Å². The van der Waals surface area contributed by atoms with Gasteiger partial charge < -0.3 is 11.1 Å². The van der Waals surface area contributed by atoms with Crippen molar-refractivity contribution in [3.05, 3.63) is 29.3 Å². The van der Waals surface area contributed by atoms with Crippen LogP contribution in [0.2, 0.25) is 0 Å². The Morgan fingerprint density at radius 3 is 3.12 bits per heavy atom. The molecule has 86 valence electrons. The summed E-state index contributed by atoms with van der Waals surface area (Å²) in [5.41, 5.74) is 8.09. The van der Waals surface area contributed by atoms with Crippen molar-refractivity contribution >= 4 is 17.7 Å². The molecule has 1 amide bonds. The number of benzene rings is 1. The molecule has 0 radical (unpaired) electrons. The molecule has 0 aliphatic carbocycles. The molecule has 1 aliphatic heterocycles. The van der Waals surface area contributed by atoms with Gasteiger partial charge in [-0.2, -0.15) is 0 Å². The van der Waals surface area contributed by atoms with E-state index in [1.165, 1.54) is 22.6 Å². The van der Waals surface area contributed by atoms with Crippen molar-refractivity contribution in [1.82, 2.24) is 5.32 Å². The lowest BCUT2D eigenvalue weighted by molar-refractivity contribution is -0.121. The Labute approximate surface area is 99.8 Å². The highest BCUT2D eigenvalue weighted by atomic mass is 32.2. The molecule has 0 aromatic heterocycles. The number of amides is 1.